The number of para-hydroxylation sites is 1. The third-order valence-electron chi connectivity index (χ3n) is 14.3. The van der Waals surface area contributed by atoms with E-state index in [1.165, 1.54) is 83.1 Å². The van der Waals surface area contributed by atoms with E-state index in [0.717, 1.165) is 34.1 Å². The first-order valence-electron chi connectivity index (χ1n) is 21.2. The molecule has 60 heavy (non-hydrogen) atoms. The van der Waals surface area contributed by atoms with Gasteiger partial charge in [-0.15, -0.1) is 0 Å². The number of benzene rings is 9. The van der Waals surface area contributed by atoms with Crippen molar-refractivity contribution in [2.45, 2.75) is 37.5 Å². The number of hydrogen-bond donors (Lipinski definition) is 0. The average molecular weight is 768 g/mol. The van der Waals surface area contributed by atoms with E-state index >= 15 is 0 Å². The van der Waals surface area contributed by atoms with E-state index in [9.17, 15) is 0 Å². The Morgan fingerprint density at radius 3 is 1.82 bits per heavy atom. The maximum Gasteiger partial charge on any atom is 0.132 e. The van der Waals surface area contributed by atoms with Crippen molar-refractivity contribution in [3.05, 3.63) is 233 Å². The smallest absolute Gasteiger partial charge is 0.132 e. The monoisotopic (exact) mass is 767 g/mol. The van der Waals surface area contributed by atoms with Gasteiger partial charge in [0.1, 0.15) is 11.5 Å². The summed E-state index contributed by atoms with van der Waals surface area (Å²) in [6.45, 7) is 7.12. The summed E-state index contributed by atoms with van der Waals surface area (Å²) in [4.78, 5) is 2.57. The predicted molar refractivity (Wildman–Crippen MR) is 247 cm³/mol. The van der Waals surface area contributed by atoms with E-state index in [2.05, 4.69) is 214 Å². The molecule has 0 fully saturated rings. The van der Waals surface area contributed by atoms with Crippen LogP contribution in [0.3, 0.4) is 0 Å². The molecule has 1 spiro atoms. The minimum absolute atomic E-state index is 0.155. The van der Waals surface area contributed by atoms with Crippen LogP contribution in [0, 0.1) is 0 Å². The predicted octanol–water partition coefficient (Wildman–Crippen LogP) is 15.2. The Bertz CT molecular complexity index is 3320. The van der Waals surface area contributed by atoms with Gasteiger partial charge in [0.2, 0.25) is 0 Å². The van der Waals surface area contributed by atoms with Crippen LogP contribution in [-0.4, -0.2) is 0 Å². The van der Waals surface area contributed by atoms with Crippen molar-refractivity contribution in [2.24, 2.45) is 0 Å². The highest BCUT2D eigenvalue weighted by atomic mass is 16.5. The second-order valence-corrected chi connectivity index (χ2v) is 17.6. The summed E-state index contributed by atoms with van der Waals surface area (Å²) in [5, 5.41) is 2.37. The first-order chi connectivity index (χ1) is 29.4. The molecule has 9 aromatic rings. The third-order valence-corrected chi connectivity index (χ3v) is 14.3. The quantitative estimate of drug-likeness (QED) is 0.178. The van der Waals surface area contributed by atoms with Crippen LogP contribution in [0.5, 0.6) is 11.5 Å². The molecule has 284 valence electrons. The van der Waals surface area contributed by atoms with Gasteiger partial charge in [0.25, 0.3) is 0 Å². The highest BCUT2D eigenvalue weighted by molar-refractivity contribution is 5.98. The van der Waals surface area contributed by atoms with Crippen LogP contribution in [0.2, 0.25) is 0 Å². The minimum atomic E-state index is -0.665. The van der Waals surface area contributed by atoms with Gasteiger partial charge in [-0.2, -0.15) is 0 Å². The molecule has 2 unspecified atom stereocenters. The van der Waals surface area contributed by atoms with Crippen LogP contribution in [0.1, 0.15) is 71.2 Å². The highest BCUT2D eigenvalue weighted by Crippen LogP contribution is 2.65. The fourth-order valence-electron chi connectivity index (χ4n) is 11.6. The number of fused-ring (bicyclic) bond motifs is 16. The second-order valence-electron chi connectivity index (χ2n) is 17.6. The Morgan fingerprint density at radius 1 is 0.417 bits per heavy atom. The van der Waals surface area contributed by atoms with Crippen LogP contribution in [0.4, 0.5) is 17.1 Å². The van der Waals surface area contributed by atoms with Gasteiger partial charge in [0.15, 0.2) is 0 Å². The molecule has 13 rings (SSSR count). The van der Waals surface area contributed by atoms with E-state index in [4.69, 9.17) is 4.74 Å². The molecule has 0 radical (unpaired) electrons. The molecule has 0 aromatic heterocycles. The molecule has 1 heterocycles. The summed E-state index contributed by atoms with van der Waals surface area (Å²) < 4.78 is 6.96. The van der Waals surface area contributed by atoms with Crippen molar-refractivity contribution in [1.82, 2.24) is 0 Å². The minimum Gasteiger partial charge on any atom is -0.457 e. The van der Waals surface area contributed by atoms with E-state index in [1.807, 2.05) is 0 Å². The fraction of sp³-hybridized carbons (Fsp3) is 0.103. The lowest BCUT2D eigenvalue weighted by atomic mass is 9.65. The summed E-state index contributed by atoms with van der Waals surface area (Å²) in [5.41, 5.74) is 20.9. The Morgan fingerprint density at radius 2 is 1.00 bits per heavy atom. The number of anilines is 3. The summed E-state index contributed by atoms with van der Waals surface area (Å²) in [6.07, 6.45) is 0. The van der Waals surface area contributed by atoms with Gasteiger partial charge in [0.05, 0.1) is 11.1 Å². The Labute approximate surface area is 351 Å². The summed E-state index contributed by atoms with van der Waals surface area (Å²) in [7, 11) is 0. The lowest BCUT2D eigenvalue weighted by molar-refractivity contribution is 0.437. The van der Waals surface area contributed by atoms with Gasteiger partial charge in [0, 0.05) is 39.4 Å². The van der Waals surface area contributed by atoms with Crippen LogP contribution in [-0.2, 0) is 10.8 Å². The zero-order valence-corrected chi connectivity index (χ0v) is 33.8. The van der Waals surface area contributed by atoms with Crippen molar-refractivity contribution in [3.63, 3.8) is 0 Å². The Kier molecular flexibility index (Phi) is 6.73. The molecule has 0 N–H and O–H groups in total. The molecule has 0 saturated carbocycles. The summed E-state index contributed by atoms with van der Waals surface area (Å²) in [5.74, 6) is 2.08. The maximum absolute atomic E-state index is 6.96. The van der Waals surface area contributed by atoms with Gasteiger partial charge in [-0.25, -0.2) is 0 Å². The van der Waals surface area contributed by atoms with Crippen LogP contribution in [0.25, 0.3) is 44.2 Å². The van der Waals surface area contributed by atoms with Crippen LogP contribution in [0.15, 0.2) is 188 Å². The van der Waals surface area contributed by atoms with Gasteiger partial charge in [-0.3, -0.25) is 0 Å². The standard InChI is InChI=1S/C58H41NO/c1-35-40-17-6-7-18-41(40)42-29-27-38(33-47(35)42)59(39-28-30-45-43-19-8-10-22-48(43)57(2,3)51(45)34-39)53-25-14-21-46-44-20-9-11-23-49(44)58(56(46)53)50-24-12-13-26-54(50)60-55-32-37-16-5-4-15-36(37)31-52(55)58/h4-35H,1-3H3. The zero-order chi connectivity index (χ0) is 39.9. The fourth-order valence-corrected chi connectivity index (χ4v) is 11.6. The second kappa shape index (κ2) is 12.0. The molecule has 3 aliphatic carbocycles. The number of rotatable bonds is 3. The van der Waals surface area contributed by atoms with Crippen molar-refractivity contribution in [2.75, 3.05) is 4.90 Å². The molecule has 0 bridgehead atoms. The largest absolute Gasteiger partial charge is 0.457 e. The topological polar surface area (TPSA) is 12.5 Å². The van der Waals surface area contributed by atoms with Gasteiger partial charge in [-0.1, -0.05) is 160 Å². The first-order valence-corrected chi connectivity index (χ1v) is 21.2. The number of ether oxygens (including phenoxy) is 1. The van der Waals surface area contributed by atoms with E-state index < -0.39 is 5.41 Å². The number of hydrogen-bond acceptors (Lipinski definition) is 2. The van der Waals surface area contributed by atoms with Crippen molar-refractivity contribution < 1.29 is 4.74 Å². The van der Waals surface area contributed by atoms with Crippen LogP contribution >= 0.6 is 0 Å². The number of nitrogens with zero attached hydrogens (tertiary/aromatic N) is 1. The van der Waals surface area contributed by atoms with E-state index in [1.54, 1.807) is 0 Å². The van der Waals surface area contributed by atoms with Crippen molar-refractivity contribution >= 4 is 27.8 Å². The van der Waals surface area contributed by atoms with Crippen molar-refractivity contribution in [3.8, 4) is 44.9 Å². The van der Waals surface area contributed by atoms with Gasteiger partial charge in [-0.05, 0) is 121 Å². The molecular weight excluding hydrogens is 727 g/mol. The summed E-state index contributed by atoms with van der Waals surface area (Å²) in [6, 6.07) is 70.4. The molecule has 2 heteroatoms. The molecule has 2 nitrogen and oxygen atoms in total. The molecule has 4 aliphatic rings. The molecule has 1 aliphatic heterocycles. The SMILES string of the molecule is CC1c2ccccc2-c2ccc(N(c3ccc4c(c3)C(C)(C)c3ccccc3-4)c3cccc4c3C3(c5ccccc5Oc5cc6ccccc6cc53)c3ccccc3-4)cc21. The molecule has 0 amide bonds. The molecular formula is C58H41NO. The van der Waals surface area contributed by atoms with Gasteiger partial charge >= 0.3 is 0 Å². The Hall–Kier alpha value is -7.16. The third kappa shape index (κ3) is 4.28. The van der Waals surface area contributed by atoms with E-state index in [0.29, 0.717) is 0 Å². The maximum atomic E-state index is 6.96. The van der Waals surface area contributed by atoms with Gasteiger partial charge < -0.3 is 9.64 Å². The van der Waals surface area contributed by atoms with Crippen molar-refractivity contribution in [1.29, 1.82) is 0 Å². The lowest BCUT2D eigenvalue weighted by Gasteiger charge is -2.42. The average Bonchev–Trinajstić information content (AvgIpc) is 3.84. The molecule has 9 aromatic carbocycles. The van der Waals surface area contributed by atoms with Crippen LogP contribution < -0.4 is 9.64 Å². The normalized spacial score (nSPS) is 17.8. The summed E-state index contributed by atoms with van der Waals surface area (Å²) >= 11 is 0. The van der Waals surface area contributed by atoms with E-state index in [-0.39, 0.29) is 11.3 Å². The molecule has 2 atom stereocenters. The highest BCUT2D eigenvalue weighted by Gasteiger charge is 2.53. The lowest BCUT2D eigenvalue weighted by Crippen LogP contribution is -2.33. The molecule has 0 saturated heterocycles. The first kappa shape index (κ1) is 33.8. The Balaban J connectivity index is 1.14. The zero-order valence-electron chi connectivity index (χ0n) is 33.8.